The Hall–Kier alpha value is -3.87. The van der Waals surface area contributed by atoms with Crippen molar-refractivity contribution in [3.05, 3.63) is 0 Å². The normalized spacial score (nSPS) is 31.0. The van der Waals surface area contributed by atoms with Crippen LogP contribution in [-0.4, -0.2) is 124 Å². The minimum absolute atomic E-state index is 0.502. The molecular weight excluding hydrogens is 612 g/mol. The quantitative estimate of drug-likeness (QED) is 0.187. The van der Waals surface area contributed by atoms with E-state index >= 15 is 0 Å². The van der Waals surface area contributed by atoms with Gasteiger partial charge < -0.3 is 52.1 Å². The maximum Gasteiger partial charge on any atom is 0.303 e. The molecule has 0 radical (unpaired) electrons. The van der Waals surface area contributed by atoms with E-state index in [0.717, 1.165) is 48.5 Å². The summed E-state index contributed by atoms with van der Waals surface area (Å²) in [4.78, 5) is 83.6. The third-order valence-corrected chi connectivity index (χ3v) is 6.10. The highest BCUT2D eigenvalue weighted by molar-refractivity contribution is 5.69. The van der Waals surface area contributed by atoms with Gasteiger partial charge in [-0.2, -0.15) is 0 Å². The topological polar surface area (TPSA) is 221 Å². The number of methoxy groups -OCH3 is 1. The van der Waals surface area contributed by atoms with E-state index < -0.39 is 116 Å². The second kappa shape index (κ2) is 17.0. The summed E-state index contributed by atoms with van der Waals surface area (Å²) < 4.78 is 60.1. The van der Waals surface area contributed by atoms with Crippen molar-refractivity contribution in [1.82, 2.24) is 0 Å². The number of rotatable bonds is 12. The van der Waals surface area contributed by atoms with Gasteiger partial charge in [-0.3, -0.25) is 33.6 Å². The van der Waals surface area contributed by atoms with Crippen molar-refractivity contribution in [3.8, 4) is 0 Å². The molecule has 0 aromatic rings. The predicted octanol–water partition coefficient (Wildman–Crippen LogP) is -0.747. The molecule has 2 aliphatic heterocycles. The van der Waals surface area contributed by atoms with E-state index in [2.05, 4.69) is 0 Å². The Labute approximate surface area is 258 Å². The van der Waals surface area contributed by atoms with Crippen LogP contribution in [0, 0.1) is 0 Å². The second-order valence-electron chi connectivity index (χ2n) is 9.90. The first kappa shape index (κ1) is 37.3. The lowest BCUT2D eigenvalue weighted by atomic mass is 9.97. The molecule has 0 saturated carbocycles. The molecule has 0 aromatic heterocycles. The van der Waals surface area contributed by atoms with Gasteiger partial charge in [-0.05, 0) is 0 Å². The van der Waals surface area contributed by atoms with Crippen molar-refractivity contribution in [2.24, 2.45) is 0 Å². The number of esters is 7. The summed E-state index contributed by atoms with van der Waals surface area (Å²) in [5, 5.41) is 0. The molecule has 18 heteroatoms. The van der Waals surface area contributed by atoms with Crippen LogP contribution in [0.2, 0.25) is 0 Å². The van der Waals surface area contributed by atoms with Gasteiger partial charge in [-0.25, -0.2) is 0 Å². The Kier molecular flexibility index (Phi) is 14.1. The van der Waals surface area contributed by atoms with E-state index in [4.69, 9.17) is 52.1 Å². The van der Waals surface area contributed by atoms with E-state index in [1.807, 2.05) is 0 Å². The second-order valence-corrected chi connectivity index (χ2v) is 9.90. The zero-order valence-corrected chi connectivity index (χ0v) is 26.0. The number of carbonyl (C=O) groups excluding carboxylic acids is 7. The van der Waals surface area contributed by atoms with E-state index in [0.29, 0.717) is 0 Å². The zero-order valence-electron chi connectivity index (χ0n) is 26.0. The van der Waals surface area contributed by atoms with Gasteiger partial charge in [0.2, 0.25) is 0 Å². The molecule has 2 fully saturated rings. The first-order valence-electron chi connectivity index (χ1n) is 13.7. The highest BCUT2D eigenvalue weighted by atomic mass is 16.8. The fraction of sp³-hybridized carbons (Fsp3) is 0.741. The molecule has 2 rings (SSSR count). The Morgan fingerprint density at radius 2 is 0.778 bits per heavy atom. The van der Waals surface area contributed by atoms with Crippen LogP contribution in [0.15, 0.2) is 0 Å². The Morgan fingerprint density at radius 3 is 1.16 bits per heavy atom. The van der Waals surface area contributed by atoms with Crippen molar-refractivity contribution in [2.45, 2.75) is 110 Å². The van der Waals surface area contributed by atoms with Crippen LogP contribution >= 0.6 is 0 Å². The van der Waals surface area contributed by atoms with Crippen LogP contribution in [0.25, 0.3) is 0 Å². The van der Waals surface area contributed by atoms with Gasteiger partial charge in [0.1, 0.15) is 18.8 Å². The fourth-order valence-corrected chi connectivity index (χ4v) is 4.69. The molecule has 0 N–H and O–H groups in total. The maximum atomic E-state index is 12.1. The first-order chi connectivity index (χ1) is 21.0. The smallest absolute Gasteiger partial charge is 0.303 e. The Bertz CT molecular complexity index is 1110. The van der Waals surface area contributed by atoms with Gasteiger partial charge in [0.25, 0.3) is 0 Å². The van der Waals surface area contributed by atoms with Crippen molar-refractivity contribution >= 4 is 41.8 Å². The van der Waals surface area contributed by atoms with Crippen LogP contribution in [0.5, 0.6) is 0 Å². The molecule has 2 heterocycles. The van der Waals surface area contributed by atoms with E-state index in [1.54, 1.807) is 0 Å². The monoisotopic (exact) mass is 650 g/mol. The summed E-state index contributed by atoms with van der Waals surface area (Å²) in [5.74, 6) is -5.67. The number of hydrogen-bond acceptors (Lipinski definition) is 18. The van der Waals surface area contributed by atoms with Gasteiger partial charge in [0.15, 0.2) is 49.2 Å². The molecule has 10 atom stereocenters. The number of carbonyl (C=O) groups is 7. The summed E-state index contributed by atoms with van der Waals surface area (Å²) in [6.07, 6.45) is -14.3. The summed E-state index contributed by atoms with van der Waals surface area (Å²) in [6.45, 7) is 6.49. The summed E-state index contributed by atoms with van der Waals surface area (Å²) in [6, 6.07) is 0. The zero-order chi connectivity index (χ0) is 34.0. The van der Waals surface area contributed by atoms with E-state index in [1.165, 1.54) is 7.11 Å². The highest BCUT2D eigenvalue weighted by Gasteiger charge is 2.55. The molecule has 45 heavy (non-hydrogen) atoms. The molecule has 0 aromatic carbocycles. The summed E-state index contributed by atoms with van der Waals surface area (Å²) in [7, 11) is 1.22. The molecule has 0 bridgehead atoms. The fourth-order valence-electron chi connectivity index (χ4n) is 4.69. The molecule has 18 nitrogen and oxygen atoms in total. The SMILES string of the molecule is CO[C@H]1O[C@H](COC2O[C@H](COC(C)=O)[C@@H](OC(C)=O)[C@H](OC(C)=O)[C@H]2OC(C)=O)[C@@H](OC(C)=O)[C@H](OC(C)=O)[C@H]1OC(C)=O. The van der Waals surface area contributed by atoms with Crippen LogP contribution in [0.1, 0.15) is 48.5 Å². The van der Waals surface area contributed by atoms with Crippen molar-refractivity contribution < 1.29 is 85.7 Å². The maximum absolute atomic E-state index is 12.1. The Morgan fingerprint density at radius 1 is 0.444 bits per heavy atom. The van der Waals surface area contributed by atoms with E-state index in [9.17, 15) is 33.6 Å². The van der Waals surface area contributed by atoms with Crippen molar-refractivity contribution in [3.63, 3.8) is 0 Å². The molecule has 2 saturated heterocycles. The van der Waals surface area contributed by atoms with Crippen LogP contribution in [-0.2, 0) is 85.7 Å². The molecule has 2 aliphatic rings. The molecular formula is C27H38O18. The van der Waals surface area contributed by atoms with Gasteiger partial charge >= 0.3 is 41.8 Å². The number of ether oxygens (including phenoxy) is 11. The van der Waals surface area contributed by atoms with Crippen LogP contribution in [0.3, 0.4) is 0 Å². The molecule has 1 unspecified atom stereocenters. The summed E-state index contributed by atoms with van der Waals surface area (Å²) >= 11 is 0. The first-order valence-corrected chi connectivity index (χ1v) is 13.7. The minimum atomic E-state index is -1.61. The van der Waals surface area contributed by atoms with Crippen molar-refractivity contribution in [2.75, 3.05) is 20.3 Å². The van der Waals surface area contributed by atoms with Crippen molar-refractivity contribution in [1.29, 1.82) is 0 Å². The van der Waals surface area contributed by atoms with Crippen LogP contribution < -0.4 is 0 Å². The number of hydrogen-bond donors (Lipinski definition) is 0. The minimum Gasteiger partial charge on any atom is -0.463 e. The van der Waals surface area contributed by atoms with Gasteiger partial charge in [0, 0.05) is 55.6 Å². The van der Waals surface area contributed by atoms with Crippen LogP contribution in [0.4, 0.5) is 0 Å². The standard InChI is InChI=1S/C27H38O18/c1-11(28)36-9-18-20(38-12(2)29)23(41-15(5)32)25(43-17(7)34)27(45-18)37-10-19-21(39-13(3)30)22(40-14(4)31)24(42-16(6)33)26(35-8)44-19/h18-27H,9-10H2,1-8H3/t18-,19-,20-,21-,22+,23+,24-,25-,26+,27?/m1/s1. The average Bonchev–Trinajstić information content (AvgIpc) is 2.90. The molecule has 0 amide bonds. The summed E-state index contributed by atoms with van der Waals surface area (Å²) in [5.41, 5.74) is 0. The molecule has 0 aliphatic carbocycles. The predicted molar refractivity (Wildman–Crippen MR) is 140 cm³/mol. The highest BCUT2D eigenvalue weighted by Crippen LogP contribution is 2.33. The van der Waals surface area contributed by atoms with Gasteiger partial charge in [0.05, 0.1) is 6.61 Å². The van der Waals surface area contributed by atoms with E-state index in [-0.39, 0.29) is 0 Å². The Balaban J connectivity index is 2.51. The average molecular weight is 651 g/mol. The largest absolute Gasteiger partial charge is 0.463 e. The third kappa shape index (κ3) is 11.2. The third-order valence-electron chi connectivity index (χ3n) is 6.10. The van der Waals surface area contributed by atoms with Gasteiger partial charge in [-0.15, -0.1) is 0 Å². The lowest BCUT2D eigenvalue weighted by molar-refractivity contribution is -0.332. The lowest BCUT2D eigenvalue weighted by Gasteiger charge is -2.46. The molecule has 254 valence electrons. The lowest BCUT2D eigenvalue weighted by Crippen LogP contribution is -2.65. The molecule has 0 spiro atoms. The van der Waals surface area contributed by atoms with Gasteiger partial charge in [-0.1, -0.05) is 0 Å².